The number of fused-ring (bicyclic) bond motifs is 1. The Morgan fingerprint density at radius 1 is 1.09 bits per heavy atom. The second kappa shape index (κ2) is 6.87. The Morgan fingerprint density at radius 2 is 1.83 bits per heavy atom. The maximum atomic E-state index is 12.3. The van der Waals surface area contributed by atoms with Gasteiger partial charge >= 0.3 is 0 Å². The van der Waals surface area contributed by atoms with Gasteiger partial charge < -0.3 is 5.32 Å². The number of aryl methyl sites for hydroxylation is 2. The van der Waals surface area contributed by atoms with Crippen molar-refractivity contribution >= 4 is 28.3 Å². The van der Waals surface area contributed by atoms with E-state index in [9.17, 15) is 4.79 Å². The number of thiophene rings is 1. The fourth-order valence-corrected chi connectivity index (χ4v) is 3.16. The van der Waals surface area contributed by atoms with Crippen LogP contribution in [0, 0.1) is 0 Å². The van der Waals surface area contributed by atoms with E-state index in [0.717, 1.165) is 40.1 Å². The maximum Gasteiger partial charge on any atom is 0.251 e. The Bertz CT molecular complexity index is 828. The summed E-state index contributed by atoms with van der Waals surface area (Å²) in [5.74, 6) is -0.0836. The van der Waals surface area contributed by atoms with Crippen LogP contribution >= 0.6 is 11.3 Å². The number of carbonyl (C=O) groups is 1. The Labute approximate surface area is 139 Å². The van der Waals surface area contributed by atoms with Crippen molar-refractivity contribution in [3.8, 4) is 0 Å². The van der Waals surface area contributed by atoms with E-state index in [1.54, 1.807) is 11.3 Å². The zero-order chi connectivity index (χ0) is 16.2. The summed E-state index contributed by atoms with van der Waals surface area (Å²) in [7, 11) is 0. The van der Waals surface area contributed by atoms with E-state index < -0.39 is 0 Å². The number of aromatic nitrogens is 2. The summed E-state index contributed by atoms with van der Waals surface area (Å²) in [5, 5.41) is 4.95. The molecule has 0 saturated carbocycles. The lowest BCUT2D eigenvalue weighted by Gasteiger charge is -2.08. The zero-order valence-corrected chi connectivity index (χ0v) is 14.1. The van der Waals surface area contributed by atoms with Crippen molar-refractivity contribution < 1.29 is 4.79 Å². The minimum Gasteiger partial charge on any atom is -0.347 e. The van der Waals surface area contributed by atoms with Gasteiger partial charge in [-0.15, -0.1) is 11.3 Å². The quantitative estimate of drug-likeness (QED) is 0.777. The van der Waals surface area contributed by atoms with Crippen LogP contribution < -0.4 is 5.32 Å². The molecule has 3 rings (SSSR count). The average molecular weight is 325 g/mol. The number of carbonyl (C=O) groups excluding carboxylic acids is 1. The first-order valence-electron chi connectivity index (χ1n) is 7.81. The maximum absolute atomic E-state index is 12.3. The van der Waals surface area contributed by atoms with Gasteiger partial charge in [-0.05, 0) is 42.5 Å². The molecule has 0 unspecified atom stereocenters. The number of benzene rings is 1. The smallest absolute Gasteiger partial charge is 0.251 e. The van der Waals surface area contributed by atoms with E-state index in [1.165, 1.54) is 0 Å². The van der Waals surface area contributed by atoms with Crippen LogP contribution in [-0.2, 0) is 19.4 Å². The Morgan fingerprint density at radius 3 is 2.48 bits per heavy atom. The van der Waals surface area contributed by atoms with Crippen molar-refractivity contribution in [2.24, 2.45) is 0 Å². The van der Waals surface area contributed by atoms with Gasteiger partial charge in [-0.2, -0.15) is 0 Å². The lowest BCUT2D eigenvalue weighted by molar-refractivity contribution is 0.0951. The predicted molar refractivity (Wildman–Crippen MR) is 93.8 cm³/mol. The molecule has 0 spiro atoms. The van der Waals surface area contributed by atoms with Gasteiger partial charge in [0.1, 0.15) is 0 Å². The van der Waals surface area contributed by atoms with Crippen molar-refractivity contribution in [3.63, 3.8) is 0 Å². The molecule has 3 aromatic rings. The number of rotatable bonds is 5. The van der Waals surface area contributed by atoms with E-state index in [4.69, 9.17) is 0 Å². The molecule has 1 aromatic carbocycles. The summed E-state index contributed by atoms with van der Waals surface area (Å²) in [5.41, 5.74) is 4.29. The monoisotopic (exact) mass is 325 g/mol. The molecule has 0 atom stereocenters. The first-order chi connectivity index (χ1) is 11.2. The number of amides is 1. The average Bonchev–Trinajstić information content (AvgIpc) is 3.11. The van der Waals surface area contributed by atoms with Gasteiger partial charge in [0.15, 0.2) is 0 Å². The molecule has 0 aliphatic carbocycles. The summed E-state index contributed by atoms with van der Waals surface area (Å²) in [4.78, 5) is 22.8. The second-order valence-electron chi connectivity index (χ2n) is 5.29. The van der Waals surface area contributed by atoms with Gasteiger partial charge in [-0.25, -0.2) is 9.97 Å². The van der Waals surface area contributed by atoms with Crippen LogP contribution in [0.15, 0.2) is 35.7 Å². The Kier molecular flexibility index (Phi) is 4.67. The third kappa shape index (κ3) is 3.40. The molecule has 1 N–H and O–H groups in total. The Balaban J connectivity index is 1.85. The molecule has 23 heavy (non-hydrogen) atoms. The lowest BCUT2D eigenvalue weighted by Crippen LogP contribution is -2.22. The molecule has 0 fully saturated rings. The largest absolute Gasteiger partial charge is 0.347 e. The highest BCUT2D eigenvalue weighted by atomic mass is 32.1. The standard InChI is InChI=1S/C18H19N3OS/c1-3-14-15(4-2)21-17-10-12(7-8-16(17)20-14)18(22)19-11-13-6-5-9-23-13/h5-10H,3-4,11H2,1-2H3,(H,19,22). The molecular formula is C18H19N3OS. The van der Waals surface area contributed by atoms with Crippen LogP contribution in [0.2, 0.25) is 0 Å². The summed E-state index contributed by atoms with van der Waals surface area (Å²) in [6.07, 6.45) is 1.72. The zero-order valence-electron chi connectivity index (χ0n) is 13.3. The third-order valence-corrected chi connectivity index (χ3v) is 4.63. The molecule has 118 valence electrons. The SMILES string of the molecule is CCc1nc2ccc(C(=O)NCc3cccs3)cc2nc1CC. The number of hydrogen-bond acceptors (Lipinski definition) is 4. The van der Waals surface area contributed by atoms with Crippen LogP contribution in [0.5, 0.6) is 0 Å². The summed E-state index contributed by atoms with van der Waals surface area (Å²) < 4.78 is 0. The van der Waals surface area contributed by atoms with Crippen molar-refractivity contribution in [1.82, 2.24) is 15.3 Å². The van der Waals surface area contributed by atoms with E-state index in [0.29, 0.717) is 12.1 Å². The summed E-state index contributed by atoms with van der Waals surface area (Å²) in [6.45, 7) is 4.71. The Hall–Kier alpha value is -2.27. The van der Waals surface area contributed by atoms with Gasteiger partial charge in [0.2, 0.25) is 0 Å². The number of hydrogen-bond donors (Lipinski definition) is 1. The lowest BCUT2D eigenvalue weighted by atomic mass is 10.1. The molecule has 2 heterocycles. The topological polar surface area (TPSA) is 54.9 Å². The van der Waals surface area contributed by atoms with Crippen LogP contribution in [0.1, 0.15) is 40.5 Å². The fraction of sp³-hybridized carbons (Fsp3) is 0.278. The van der Waals surface area contributed by atoms with Gasteiger partial charge in [0, 0.05) is 10.4 Å². The normalized spacial score (nSPS) is 10.9. The first-order valence-corrected chi connectivity index (χ1v) is 8.69. The van der Waals surface area contributed by atoms with Gasteiger partial charge in [0.05, 0.1) is 29.0 Å². The highest BCUT2D eigenvalue weighted by Gasteiger charge is 2.10. The van der Waals surface area contributed by atoms with Gasteiger partial charge in [-0.3, -0.25) is 4.79 Å². The van der Waals surface area contributed by atoms with Crippen LogP contribution in [-0.4, -0.2) is 15.9 Å². The minimum absolute atomic E-state index is 0.0836. The van der Waals surface area contributed by atoms with Crippen molar-refractivity contribution in [2.75, 3.05) is 0 Å². The molecule has 0 bridgehead atoms. The van der Waals surface area contributed by atoms with Gasteiger partial charge in [0.25, 0.3) is 5.91 Å². The van der Waals surface area contributed by atoms with E-state index in [1.807, 2.05) is 35.7 Å². The molecule has 0 saturated heterocycles. The van der Waals surface area contributed by atoms with Crippen LogP contribution in [0.25, 0.3) is 11.0 Å². The molecule has 0 radical (unpaired) electrons. The van der Waals surface area contributed by atoms with E-state index >= 15 is 0 Å². The summed E-state index contributed by atoms with van der Waals surface area (Å²) >= 11 is 1.63. The highest BCUT2D eigenvalue weighted by molar-refractivity contribution is 7.09. The van der Waals surface area contributed by atoms with Crippen molar-refractivity contribution in [1.29, 1.82) is 0 Å². The molecule has 4 nitrogen and oxygen atoms in total. The highest BCUT2D eigenvalue weighted by Crippen LogP contribution is 2.16. The first kappa shape index (κ1) is 15.6. The molecule has 5 heteroatoms. The molecule has 1 amide bonds. The predicted octanol–water partition coefficient (Wildman–Crippen LogP) is 3.75. The van der Waals surface area contributed by atoms with E-state index in [-0.39, 0.29) is 5.91 Å². The minimum atomic E-state index is -0.0836. The van der Waals surface area contributed by atoms with Crippen molar-refractivity contribution in [2.45, 2.75) is 33.2 Å². The second-order valence-corrected chi connectivity index (χ2v) is 6.32. The summed E-state index contributed by atoms with van der Waals surface area (Å²) in [6, 6.07) is 9.50. The molecule has 0 aliphatic rings. The van der Waals surface area contributed by atoms with Crippen LogP contribution in [0.4, 0.5) is 0 Å². The fourth-order valence-electron chi connectivity index (χ4n) is 2.52. The van der Waals surface area contributed by atoms with Crippen molar-refractivity contribution in [3.05, 3.63) is 57.5 Å². The molecular weight excluding hydrogens is 306 g/mol. The van der Waals surface area contributed by atoms with Crippen LogP contribution in [0.3, 0.4) is 0 Å². The molecule has 2 aromatic heterocycles. The van der Waals surface area contributed by atoms with Gasteiger partial charge in [-0.1, -0.05) is 19.9 Å². The number of nitrogens with zero attached hydrogens (tertiary/aromatic N) is 2. The molecule has 0 aliphatic heterocycles. The number of nitrogens with one attached hydrogen (secondary N) is 1. The van der Waals surface area contributed by atoms with E-state index in [2.05, 4.69) is 29.1 Å². The third-order valence-electron chi connectivity index (χ3n) is 3.75.